The van der Waals surface area contributed by atoms with E-state index in [0.717, 1.165) is 6.42 Å². The summed E-state index contributed by atoms with van der Waals surface area (Å²) < 4.78 is 5.37. The molecule has 0 N–H and O–H groups in total. The van der Waals surface area contributed by atoms with E-state index in [0.29, 0.717) is 6.61 Å². The normalized spacial score (nSPS) is 12.4. The van der Waals surface area contributed by atoms with Crippen LogP contribution in [0.1, 0.15) is 11.8 Å². The van der Waals surface area contributed by atoms with Crippen LogP contribution in [0.25, 0.3) is 10.4 Å². The maximum atomic E-state index is 11.8. The van der Waals surface area contributed by atoms with Gasteiger partial charge in [-0.25, -0.2) is 0 Å². The van der Waals surface area contributed by atoms with Crippen molar-refractivity contribution in [3.63, 3.8) is 0 Å². The van der Waals surface area contributed by atoms with Crippen molar-refractivity contribution in [3.8, 4) is 10.4 Å². The van der Waals surface area contributed by atoms with Crippen molar-refractivity contribution in [1.29, 1.82) is 0 Å². The zero-order valence-corrected chi connectivity index (χ0v) is 14.4. The van der Waals surface area contributed by atoms with E-state index in [1.165, 1.54) is 15.3 Å². The van der Waals surface area contributed by atoms with Gasteiger partial charge in [0.15, 0.2) is 0 Å². The van der Waals surface area contributed by atoms with Crippen molar-refractivity contribution in [1.82, 2.24) is 0 Å². The van der Waals surface area contributed by atoms with Crippen LogP contribution in [-0.2, 0) is 16.0 Å². The second kappa shape index (κ2) is 7.72. The predicted octanol–water partition coefficient (Wildman–Crippen LogP) is 4.63. The lowest BCUT2D eigenvalue weighted by Crippen LogP contribution is -2.19. The Morgan fingerprint density at radius 2 is 1.90 bits per heavy atom. The van der Waals surface area contributed by atoms with Crippen LogP contribution < -0.4 is 0 Å². The number of thiophene rings is 1. The topological polar surface area (TPSA) is 26.3 Å². The fraction of sp³-hybridized carbons (Fsp3) is 0.353. The SMILES string of the molecule is CC(C(=O)OCCc1ccc(-c2ccccc2)s1)P(C)C. The molecule has 0 saturated heterocycles. The minimum Gasteiger partial charge on any atom is -0.465 e. The Hall–Kier alpha value is -1.18. The Morgan fingerprint density at radius 1 is 1.19 bits per heavy atom. The standard InChI is InChI=1S/C17H21O2PS/c1-13(20(2)3)17(18)19-12-11-15-9-10-16(21-15)14-7-5-4-6-8-14/h4-10,13H,11-12H2,1-3H3. The molecular weight excluding hydrogens is 299 g/mol. The van der Waals surface area contributed by atoms with Crippen molar-refractivity contribution >= 4 is 25.2 Å². The highest BCUT2D eigenvalue weighted by Crippen LogP contribution is 2.32. The average Bonchev–Trinajstić information content (AvgIpc) is 2.96. The van der Waals surface area contributed by atoms with Gasteiger partial charge in [0.25, 0.3) is 0 Å². The lowest BCUT2D eigenvalue weighted by Gasteiger charge is -2.14. The molecular formula is C17H21O2PS. The zero-order valence-electron chi connectivity index (χ0n) is 12.7. The molecule has 0 spiro atoms. The van der Waals surface area contributed by atoms with Gasteiger partial charge in [0.2, 0.25) is 0 Å². The first-order valence-electron chi connectivity index (χ1n) is 7.05. The van der Waals surface area contributed by atoms with Crippen LogP contribution in [0.2, 0.25) is 0 Å². The van der Waals surface area contributed by atoms with Crippen LogP contribution >= 0.6 is 19.3 Å². The van der Waals surface area contributed by atoms with Gasteiger partial charge in [-0.3, -0.25) is 4.79 Å². The van der Waals surface area contributed by atoms with Gasteiger partial charge in [-0.05, 0) is 37.9 Å². The third-order valence-electron chi connectivity index (χ3n) is 3.43. The number of ether oxygens (including phenoxy) is 1. The fourth-order valence-corrected chi connectivity index (χ4v) is 3.34. The van der Waals surface area contributed by atoms with Crippen LogP contribution in [0, 0.1) is 0 Å². The van der Waals surface area contributed by atoms with Crippen molar-refractivity contribution in [2.75, 3.05) is 19.9 Å². The van der Waals surface area contributed by atoms with Gasteiger partial charge in [-0.15, -0.1) is 11.3 Å². The third kappa shape index (κ3) is 4.66. The van der Waals surface area contributed by atoms with E-state index in [9.17, 15) is 4.79 Å². The van der Waals surface area contributed by atoms with Gasteiger partial charge in [-0.2, -0.15) is 0 Å². The molecule has 0 radical (unpaired) electrons. The summed E-state index contributed by atoms with van der Waals surface area (Å²) >= 11 is 1.77. The van der Waals surface area contributed by atoms with Crippen molar-refractivity contribution < 1.29 is 9.53 Å². The number of benzene rings is 1. The summed E-state index contributed by atoms with van der Waals surface area (Å²) in [6, 6.07) is 14.6. The Kier molecular flexibility index (Phi) is 5.96. The summed E-state index contributed by atoms with van der Waals surface area (Å²) in [4.78, 5) is 14.3. The average molecular weight is 320 g/mol. The molecule has 112 valence electrons. The van der Waals surface area contributed by atoms with Gasteiger partial charge in [0.05, 0.1) is 12.3 Å². The third-order valence-corrected chi connectivity index (χ3v) is 6.38. The first-order valence-corrected chi connectivity index (χ1v) is 10.2. The summed E-state index contributed by atoms with van der Waals surface area (Å²) in [5.74, 6) is -0.0639. The van der Waals surface area contributed by atoms with E-state index in [4.69, 9.17) is 4.74 Å². The second-order valence-corrected chi connectivity index (χ2v) is 9.06. The van der Waals surface area contributed by atoms with E-state index in [1.54, 1.807) is 11.3 Å². The minimum absolute atomic E-state index is 0.0308. The summed E-state index contributed by atoms with van der Waals surface area (Å²) in [7, 11) is -0.270. The molecule has 0 fully saturated rings. The van der Waals surface area contributed by atoms with E-state index >= 15 is 0 Å². The van der Waals surface area contributed by atoms with Crippen LogP contribution in [-0.4, -0.2) is 31.6 Å². The molecule has 1 atom stereocenters. The lowest BCUT2D eigenvalue weighted by atomic mass is 10.2. The zero-order chi connectivity index (χ0) is 15.2. The van der Waals surface area contributed by atoms with Crippen molar-refractivity contribution in [2.45, 2.75) is 19.0 Å². The molecule has 1 aromatic carbocycles. The molecule has 21 heavy (non-hydrogen) atoms. The monoisotopic (exact) mass is 320 g/mol. The van der Waals surface area contributed by atoms with Crippen LogP contribution in [0.3, 0.4) is 0 Å². The predicted molar refractivity (Wildman–Crippen MR) is 92.6 cm³/mol. The lowest BCUT2D eigenvalue weighted by molar-refractivity contribution is -0.142. The summed E-state index contributed by atoms with van der Waals surface area (Å²) in [5, 5.41) is 0. The van der Waals surface area contributed by atoms with Gasteiger partial charge < -0.3 is 4.74 Å². The van der Waals surface area contributed by atoms with Crippen LogP contribution in [0.4, 0.5) is 0 Å². The first-order chi connectivity index (χ1) is 10.1. The Morgan fingerprint density at radius 3 is 2.57 bits per heavy atom. The Balaban J connectivity index is 1.85. The van der Waals surface area contributed by atoms with Crippen LogP contribution in [0.5, 0.6) is 0 Å². The van der Waals surface area contributed by atoms with Crippen molar-refractivity contribution in [2.24, 2.45) is 0 Å². The molecule has 1 aromatic heterocycles. The largest absolute Gasteiger partial charge is 0.465 e. The smallest absolute Gasteiger partial charge is 0.312 e. The van der Waals surface area contributed by atoms with E-state index in [-0.39, 0.29) is 19.5 Å². The number of hydrogen-bond donors (Lipinski definition) is 0. The first kappa shape index (κ1) is 16.2. The molecule has 0 aliphatic carbocycles. The highest BCUT2D eigenvalue weighted by Gasteiger charge is 2.17. The van der Waals surface area contributed by atoms with Gasteiger partial charge >= 0.3 is 5.97 Å². The molecule has 1 heterocycles. The Bertz CT molecular complexity index is 577. The van der Waals surface area contributed by atoms with E-state index in [1.807, 2.05) is 25.1 Å². The molecule has 2 aromatic rings. The molecule has 4 heteroatoms. The number of rotatable bonds is 6. The molecule has 0 saturated carbocycles. The number of carbonyl (C=O) groups excluding carboxylic acids is 1. The summed E-state index contributed by atoms with van der Waals surface area (Å²) in [5.41, 5.74) is 1.27. The quantitative estimate of drug-likeness (QED) is 0.573. The molecule has 0 amide bonds. The molecule has 0 bridgehead atoms. The Labute approximate surface area is 131 Å². The van der Waals surface area contributed by atoms with Crippen molar-refractivity contribution in [3.05, 3.63) is 47.3 Å². The molecule has 2 rings (SSSR count). The maximum absolute atomic E-state index is 11.8. The molecule has 0 aliphatic heterocycles. The minimum atomic E-state index is -0.270. The summed E-state index contributed by atoms with van der Waals surface area (Å²) in [6.45, 7) is 6.63. The van der Waals surface area contributed by atoms with Gasteiger partial charge in [0.1, 0.15) is 0 Å². The van der Waals surface area contributed by atoms with E-state index < -0.39 is 0 Å². The highest BCUT2D eigenvalue weighted by molar-refractivity contribution is 7.57. The summed E-state index contributed by atoms with van der Waals surface area (Å²) in [6.07, 6.45) is 0.793. The maximum Gasteiger partial charge on any atom is 0.312 e. The molecule has 0 aliphatic rings. The molecule has 1 unspecified atom stereocenters. The van der Waals surface area contributed by atoms with Crippen LogP contribution in [0.15, 0.2) is 42.5 Å². The highest BCUT2D eigenvalue weighted by atomic mass is 32.1. The van der Waals surface area contributed by atoms with E-state index in [2.05, 4.69) is 37.6 Å². The fourth-order valence-electron chi connectivity index (χ4n) is 1.85. The number of esters is 1. The molecule has 2 nitrogen and oxygen atoms in total. The second-order valence-electron chi connectivity index (χ2n) is 5.19. The number of hydrogen-bond acceptors (Lipinski definition) is 3. The van der Waals surface area contributed by atoms with Gasteiger partial charge in [-0.1, -0.05) is 38.3 Å². The van der Waals surface area contributed by atoms with Gasteiger partial charge in [0, 0.05) is 16.2 Å². The number of carbonyl (C=O) groups is 1.